The number of methoxy groups -OCH3 is 1. The predicted octanol–water partition coefficient (Wildman–Crippen LogP) is 2.59. The molecule has 6 nitrogen and oxygen atoms in total. The monoisotopic (exact) mass is 343 g/mol. The maximum absolute atomic E-state index is 5.44. The molecule has 2 aromatic heterocycles. The minimum atomic E-state index is 0.456. The van der Waals surface area contributed by atoms with Gasteiger partial charge in [-0.1, -0.05) is 29.5 Å². The van der Waals surface area contributed by atoms with Gasteiger partial charge < -0.3 is 9.64 Å². The molecule has 0 unspecified atom stereocenters. The molecule has 3 aromatic rings. The Hall–Kier alpha value is -1.99. The minimum Gasteiger partial charge on any atom is -0.496 e. The quantitative estimate of drug-likeness (QED) is 0.729. The van der Waals surface area contributed by atoms with Gasteiger partial charge in [0.15, 0.2) is 5.82 Å². The lowest BCUT2D eigenvalue weighted by molar-refractivity contribution is 0.250. The van der Waals surface area contributed by atoms with Gasteiger partial charge in [-0.3, -0.25) is 0 Å². The molecule has 0 N–H and O–H groups in total. The Morgan fingerprint density at radius 1 is 1.21 bits per heavy atom. The van der Waals surface area contributed by atoms with Crippen molar-refractivity contribution in [1.82, 2.24) is 24.7 Å². The Morgan fingerprint density at radius 3 is 2.79 bits per heavy atom. The predicted molar refractivity (Wildman–Crippen MR) is 93.9 cm³/mol. The fourth-order valence-corrected chi connectivity index (χ4v) is 4.14. The molecule has 1 fully saturated rings. The lowest BCUT2D eigenvalue weighted by Gasteiger charge is -2.27. The first-order valence-corrected chi connectivity index (χ1v) is 9.07. The molecule has 1 aliphatic rings. The van der Waals surface area contributed by atoms with Crippen LogP contribution in [0.4, 0.5) is 0 Å². The van der Waals surface area contributed by atoms with Crippen LogP contribution in [0.1, 0.15) is 35.2 Å². The van der Waals surface area contributed by atoms with Crippen LogP contribution >= 0.6 is 11.3 Å². The second-order valence-corrected chi connectivity index (χ2v) is 7.36. The normalized spacial score (nSPS) is 16.8. The van der Waals surface area contributed by atoms with Gasteiger partial charge in [-0.05, 0) is 39.0 Å². The van der Waals surface area contributed by atoms with Crippen LogP contribution in [-0.4, -0.2) is 52.0 Å². The molecule has 0 amide bonds. The number of benzene rings is 1. The van der Waals surface area contributed by atoms with E-state index in [0.29, 0.717) is 5.92 Å². The highest BCUT2D eigenvalue weighted by atomic mass is 32.1. The first kappa shape index (κ1) is 15.5. The largest absolute Gasteiger partial charge is 0.496 e. The lowest BCUT2D eigenvalue weighted by atomic mass is 9.96. The fourth-order valence-electron chi connectivity index (χ4n) is 3.28. The molecule has 0 atom stereocenters. The number of para-hydroxylation sites is 1. The van der Waals surface area contributed by atoms with Gasteiger partial charge in [-0.15, -0.1) is 10.2 Å². The van der Waals surface area contributed by atoms with E-state index in [2.05, 4.69) is 28.2 Å². The lowest BCUT2D eigenvalue weighted by Crippen LogP contribution is -2.30. The number of ether oxygens (including phenoxy) is 1. The number of piperidine rings is 1. The maximum Gasteiger partial charge on any atom is 0.234 e. The van der Waals surface area contributed by atoms with Crippen LogP contribution in [0.2, 0.25) is 0 Å². The molecular formula is C17H21N5OS. The number of fused-ring (bicyclic) bond motifs is 1. The van der Waals surface area contributed by atoms with Crippen LogP contribution in [0.25, 0.3) is 4.96 Å². The molecule has 7 heteroatoms. The van der Waals surface area contributed by atoms with Crippen molar-refractivity contribution in [3.63, 3.8) is 0 Å². The van der Waals surface area contributed by atoms with Gasteiger partial charge in [-0.2, -0.15) is 9.61 Å². The van der Waals surface area contributed by atoms with Crippen LogP contribution in [-0.2, 0) is 6.42 Å². The summed E-state index contributed by atoms with van der Waals surface area (Å²) in [6.07, 6.45) is 3.00. The van der Waals surface area contributed by atoms with Crippen LogP contribution in [0.5, 0.6) is 5.75 Å². The molecular weight excluding hydrogens is 322 g/mol. The molecule has 0 saturated carbocycles. The summed E-state index contributed by atoms with van der Waals surface area (Å²) in [6, 6.07) is 8.08. The number of aromatic nitrogens is 4. The smallest absolute Gasteiger partial charge is 0.234 e. The summed E-state index contributed by atoms with van der Waals surface area (Å²) in [6.45, 7) is 2.22. The molecule has 126 valence electrons. The van der Waals surface area contributed by atoms with Crippen molar-refractivity contribution in [2.75, 3.05) is 27.2 Å². The van der Waals surface area contributed by atoms with Crippen LogP contribution < -0.4 is 4.74 Å². The Morgan fingerprint density at radius 2 is 2.00 bits per heavy atom. The summed E-state index contributed by atoms with van der Waals surface area (Å²) in [7, 11) is 3.87. The molecule has 0 bridgehead atoms. The average Bonchev–Trinajstić information content (AvgIpc) is 3.16. The number of nitrogens with zero attached hydrogens (tertiary/aromatic N) is 5. The Kier molecular flexibility index (Phi) is 4.20. The molecule has 1 aliphatic heterocycles. The Balaban J connectivity index is 1.60. The highest BCUT2D eigenvalue weighted by Crippen LogP contribution is 2.29. The van der Waals surface area contributed by atoms with E-state index < -0.39 is 0 Å². The summed E-state index contributed by atoms with van der Waals surface area (Å²) in [4.78, 5) is 3.25. The van der Waals surface area contributed by atoms with E-state index >= 15 is 0 Å². The Labute approximate surface area is 145 Å². The van der Waals surface area contributed by atoms with Crippen molar-refractivity contribution in [3.05, 3.63) is 40.7 Å². The first-order valence-electron chi connectivity index (χ1n) is 8.26. The SMILES string of the molecule is COc1ccccc1Cc1nn2c(C3CCN(C)CC3)nnc2s1. The number of hydrogen-bond acceptors (Lipinski definition) is 6. The van der Waals surface area contributed by atoms with E-state index in [1.165, 1.54) is 0 Å². The van der Waals surface area contributed by atoms with Crippen molar-refractivity contribution in [1.29, 1.82) is 0 Å². The van der Waals surface area contributed by atoms with Crippen molar-refractivity contribution >= 4 is 16.3 Å². The summed E-state index contributed by atoms with van der Waals surface area (Å²) < 4.78 is 7.39. The summed E-state index contributed by atoms with van der Waals surface area (Å²) >= 11 is 1.61. The molecule has 0 radical (unpaired) electrons. The van der Waals surface area contributed by atoms with Gasteiger partial charge in [0.25, 0.3) is 0 Å². The van der Waals surface area contributed by atoms with Gasteiger partial charge >= 0.3 is 0 Å². The van der Waals surface area contributed by atoms with E-state index in [4.69, 9.17) is 9.84 Å². The van der Waals surface area contributed by atoms with Gasteiger partial charge in [-0.25, -0.2) is 0 Å². The van der Waals surface area contributed by atoms with E-state index in [1.54, 1.807) is 18.4 Å². The van der Waals surface area contributed by atoms with E-state index in [9.17, 15) is 0 Å². The van der Waals surface area contributed by atoms with E-state index in [-0.39, 0.29) is 0 Å². The molecule has 0 aliphatic carbocycles. The van der Waals surface area contributed by atoms with Crippen molar-refractivity contribution in [2.24, 2.45) is 0 Å². The second-order valence-electron chi connectivity index (χ2n) is 6.31. The summed E-state index contributed by atoms with van der Waals surface area (Å²) in [5, 5.41) is 14.6. The topological polar surface area (TPSA) is 55.6 Å². The zero-order valence-corrected chi connectivity index (χ0v) is 14.8. The van der Waals surface area contributed by atoms with Crippen molar-refractivity contribution < 1.29 is 4.74 Å². The first-order chi connectivity index (χ1) is 11.7. The highest BCUT2D eigenvalue weighted by Gasteiger charge is 2.24. The number of likely N-dealkylation sites (tertiary alicyclic amines) is 1. The molecule has 1 aromatic carbocycles. The van der Waals surface area contributed by atoms with Gasteiger partial charge in [0.05, 0.1) is 7.11 Å². The molecule has 1 saturated heterocycles. The maximum atomic E-state index is 5.44. The highest BCUT2D eigenvalue weighted by molar-refractivity contribution is 7.16. The van der Waals surface area contributed by atoms with Crippen molar-refractivity contribution in [2.45, 2.75) is 25.2 Å². The molecule has 4 rings (SSSR count). The third-order valence-corrected chi connectivity index (χ3v) is 5.57. The van der Waals surface area contributed by atoms with Crippen LogP contribution in [0, 0.1) is 0 Å². The fraction of sp³-hybridized carbons (Fsp3) is 0.471. The standard InChI is InChI=1S/C17H21N5OS/c1-21-9-7-12(8-10-21)16-18-19-17-22(16)20-15(24-17)11-13-5-3-4-6-14(13)23-2/h3-6,12H,7-11H2,1-2H3. The van der Waals surface area contributed by atoms with E-state index in [0.717, 1.165) is 59.5 Å². The zero-order chi connectivity index (χ0) is 16.5. The molecule has 0 spiro atoms. The summed E-state index contributed by atoms with van der Waals surface area (Å²) in [5.41, 5.74) is 1.14. The molecule has 3 heterocycles. The number of rotatable bonds is 4. The van der Waals surface area contributed by atoms with Crippen molar-refractivity contribution in [3.8, 4) is 5.75 Å². The minimum absolute atomic E-state index is 0.456. The van der Waals surface area contributed by atoms with E-state index in [1.807, 2.05) is 22.7 Å². The second kappa shape index (κ2) is 6.49. The summed E-state index contributed by atoms with van der Waals surface area (Å²) in [5.74, 6) is 2.37. The zero-order valence-electron chi connectivity index (χ0n) is 14.0. The van der Waals surface area contributed by atoms with Gasteiger partial charge in [0, 0.05) is 17.9 Å². The van der Waals surface area contributed by atoms with Crippen LogP contribution in [0.15, 0.2) is 24.3 Å². The third kappa shape index (κ3) is 2.89. The number of hydrogen-bond donors (Lipinski definition) is 0. The Bertz CT molecular complexity index is 834. The van der Waals surface area contributed by atoms with Gasteiger partial charge in [0.1, 0.15) is 10.8 Å². The van der Waals surface area contributed by atoms with Gasteiger partial charge in [0.2, 0.25) is 4.96 Å². The third-order valence-electron chi connectivity index (χ3n) is 4.67. The molecule has 24 heavy (non-hydrogen) atoms. The average molecular weight is 343 g/mol. The van der Waals surface area contributed by atoms with Crippen LogP contribution in [0.3, 0.4) is 0 Å².